The number of hydrogen-bond acceptors (Lipinski definition) is 3. The molecule has 2 saturated carbocycles. The monoisotopic (exact) mass is 296 g/mol. The predicted octanol–water partition coefficient (Wildman–Crippen LogP) is 3.46. The van der Waals surface area contributed by atoms with Gasteiger partial charge in [0, 0.05) is 18.1 Å². The molecule has 2 aliphatic rings. The second-order valence-electron chi connectivity index (χ2n) is 8.05. The van der Waals surface area contributed by atoms with Crippen molar-refractivity contribution in [2.75, 3.05) is 0 Å². The first-order valence-corrected chi connectivity index (χ1v) is 8.50. The number of amides is 1. The highest BCUT2D eigenvalue weighted by atomic mass is 16.6. The Kier molecular flexibility index (Phi) is 5.18. The number of carbonyl (C=O) groups excluding carboxylic acids is 1. The molecule has 0 aliphatic heterocycles. The van der Waals surface area contributed by atoms with E-state index in [0.29, 0.717) is 12.1 Å². The Morgan fingerprint density at radius 1 is 1.10 bits per heavy atom. The number of alkyl carbamates (subject to hydrolysis) is 1. The topological polar surface area (TPSA) is 50.4 Å². The van der Waals surface area contributed by atoms with Gasteiger partial charge in [-0.1, -0.05) is 26.7 Å². The summed E-state index contributed by atoms with van der Waals surface area (Å²) >= 11 is 0. The molecule has 4 heteroatoms. The minimum atomic E-state index is -0.418. The highest BCUT2D eigenvalue weighted by Crippen LogP contribution is 2.31. The SMILES string of the molecule is CC1CCCC(NC2CC(NC(=O)OC(C)(C)C)C2)C1C. The van der Waals surface area contributed by atoms with Gasteiger partial charge in [-0.3, -0.25) is 0 Å². The molecule has 0 aromatic heterocycles. The smallest absolute Gasteiger partial charge is 0.407 e. The quantitative estimate of drug-likeness (QED) is 0.838. The standard InChI is InChI=1S/C17H32N2O2/c1-11-7-6-8-15(12(11)2)18-13-9-14(10-13)19-16(20)21-17(3,4)5/h11-15,18H,6-10H2,1-5H3,(H,19,20). The second kappa shape index (κ2) is 6.55. The summed E-state index contributed by atoms with van der Waals surface area (Å²) in [5.41, 5.74) is -0.418. The van der Waals surface area contributed by atoms with E-state index in [4.69, 9.17) is 4.74 Å². The van der Waals surface area contributed by atoms with Crippen LogP contribution >= 0.6 is 0 Å². The van der Waals surface area contributed by atoms with Crippen molar-refractivity contribution in [3.8, 4) is 0 Å². The van der Waals surface area contributed by atoms with Crippen molar-refractivity contribution in [1.82, 2.24) is 10.6 Å². The Hall–Kier alpha value is -0.770. The lowest BCUT2D eigenvalue weighted by Gasteiger charge is -2.43. The number of carbonyl (C=O) groups is 1. The Labute approximate surface area is 129 Å². The molecule has 3 atom stereocenters. The van der Waals surface area contributed by atoms with E-state index >= 15 is 0 Å². The summed E-state index contributed by atoms with van der Waals surface area (Å²) < 4.78 is 5.29. The van der Waals surface area contributed by atoms with E-state index in [2.05, 4.69) is 24.5 Å². The van der Waals surface area contributed by atoms with Crippen LogP contribution in [0, 0.1) is 11.8 Å². The zero-order valence-electron chi connectivity index (χ0n) is 14.2. The predicted molar refractivity (Wildman–Crippen MR) is 85.3 cm³/mol. The van der Waals surface area contributed by atoms with Crippen LogP contribution in [0.1, 0.15) is 66.7 Å². The van der Waals surface area contributed by atoms with Crippen molar-refractivity contribution in [1.29, 1.82) is 0 Å². The van der Waals surface area contributed by atoms with Crippen LogP contribution in [0.5, 0.6) is 0 Å². The molecule has 2 N–H and O–H groups in total. The Morgan fingerprint density at radius 3 is 2.38 bits per heavy atom. The van der Waals surface area contributed by atoms with Crippen LogP contribution in [0.2, 0.25) is 0 Å². The van der Waals surface area contributed by atoms with E-state index in [1.54, 1.807) is 0 Å². The molecule has 0 radical (unpaired) electrons. The van der Waals surface area contributed by atoms with Gasteiger partial charge >= 0.3 is 6.09 Å². The zero-order chi connectivity index (χ0) is 15.6. The summed E-state index contributed by atoms with van der Waals surface area (Å²) in [6, 6.07) is 1.48. The fraction of sp³-hybridized carbons (Fsp3) is 0.941. The van der Waals surface area contributed by atoms with Gasteiger partial charge < -0.3 is 15.4 Å². The summed E-state index contributed by atoms with van der Waals surface area (Å²) in [5, 5.41) is 6.75. The molecule has 2 aliphatic carbocycles. The molecule has 2 fully saturated rings. The van der Waals surface area contributed by atoms with Crippen LogP contribution in [0.4, 0.5) is 4.79 Å². The summed E-state index contributed by atoms with van der Waals surface area (Å²) in [7, 11) is 0. The fourth-order valence-electron chi connectivity index (χ4n) is 3.47. The summed E-state index contributed by atoms with van der Waals surface area (Å²) in [6.07, 6.45) is 5.77. The Balaban J connectivity index is 1.66. The van der Waals surface area contributed by atoms with E-state index in [0.717, 1.165) is 24.7 Å². The molecule has 0 saturated heterocycles. The molecule has 0 heterocycles. The number of ether oxygens (including phenoxy) is 1. The summed E-state index contributed by atoms with van der Waals surface area (Å²) in [5.74, 6) is 1.59. The maximum absolute atomic E-state index is 11.7. The Bertz CT molecular complexity index is 358. The third kappa shape index (κ3) is 4.87. The van der Waals surface area contributed by atoms with Gasteiger partial charge in [0.1, 0.15) is 5.60 Å². The van der Waals surface area contributed by atoms with Crippen molar-refractivity contribution in [3.63, 3.8) is 0 Å². The number of nitrogens with one attached hydrogen (secondary N) is 2. The molecule has 21 heavy (non-hydrogen) atoms. The van der Waals surface area contributed by atoms with E-state index in [1.807, 2.05) is 20.8 Å². The Morgan fingerprint density at radius 2 is 1.76 bits per heavy atom. The lowest BCUT2D eigenvalue weighted by molar-refractivity contribution is 0.0456. The van der Waals surface area contributed by atoms with Crippen molar-refractivity contribution >= 4 is 6.09 Å². The van der Waals surface area contributed by atoms with Crippen LogP contribution in [0.3, 0.4) is 0 Å². The van der Waals surface area contributed by atoms with Crippen LogP contribution in [0.25, 0.3) is 0 Å². The first kappa shape index (κ1) is 16.6. The molecule has 0 spiro atoms. The molecule has 0 bridgehead atoms. The van der Waals surface area contributed by atoms with Gasteiger partial charge in [-0.25, -0.2) is 4.79 Å². The van der Waals surface area contributed by atoms with Gasteiger partial charge in [0.2, 0.25) is 0 Å². The number of rotatable bonds is 3. The van der Waals surface area contributed by atoms with Crippen LogP contribution in [0.15, 0.2) is 0 Å². The van der Waals surface area contributed by atoms with E-state index < -0.39 is 5.60 Å². The number of hydrogen-bond donors (Lipinski definition) is 2. The molecule has 0 aromatic carbocycles. The maximum Gasteiger partial charge on any atom is 0.407 e. The third-order valence-electron chi connectivity index (χ3n) is 5.02. The van der Waals surface area contributed by atoms with Gasteiger partial charge in [0.15, 0.2) is 0 Å². The molecule has 4 nitrogen and oxygen atoms in total. The summed E-state index contributed by atoms with van der Waals surface area (Å²) in [4.78, 5) is 11.7. The van der Waals surface area contributed by atoms with E-state index in [-0.39, 0.29) is 12.1 Å². The second-order valence-corrected chi connectivity index (χ2v) is 8.05. The van der Waals surface area contributed by atoms with E-state index in [9.17, 15) is 4.79 Å². The van der Waals surface area contributed by atoms with Gasteiger partial charge in [-0.2, -0.15) is 0 Å². The maximum atomic E-state index is 11.7. The lowest BCUT2D eigenvalue weighted by Crippen LogP contribution is -2.57. The highest BCUT2D eigenvalue weighted by molar-refractivity contribution is 5.68. The first-order valence-electron chi connectivity index (χ1n) is 8.50. The molecule has 1 amide bonds. The molecule has 122 valence electrons. The fourth-order valence-corrected chi connectivity index (χ4v) is 3.47. The highest BCUT2D eigenvalue weighted by Gasteiger charge is 2.35. The van der Waals surface area contributed by atoms with Gasteiger partial charge in [0.05, 0.1) is 0 Å². The molecule has 3 unspecified atom stereocenters. The van der Waals surface area contributed by atoms with Crippen molar-refractivity contribution in [2.24, 2.45) is 11.8 Å². The average Bonchev–Trinajstić information content (AvgIpc) is 2.29. The minimum absolute atomic E-state index is 0.272. The van der Waals surface area contributed by atoms with Gasteiger partial charge in [-0.15, -0.1) is 0 Å². The normalized spacial score (nSPS) is 36.7. The molecular formula is C17H32N2O2. The van der Waals surface area contributed by atoms with Gasteiger partial charge in [0.25, 0.3) is 0 Å². The van der Waals surface area contributed by atoms with E-state index in [1.165, 1.54) is 19.3 Å². The van der Waals surface area contributed by atoms with Crippen molar-refractivity contribution in [3.05, 3.63) is 0 Å². The molecule has 0 aromatic rings. The largest absolute Gasteiger partial charge is 0.444 e. The van der Waals surface area contributed by atoms with Crippen LogP contribution in [-0.4, -0.2) is 29.8 Å². The van der Waals surface area contributed by atoms with Crippen molar-refractivity contribution in [2.45, 2.75) is 90.4 Å². The minimum Gasteiger partial charge on any atom is -0.444 e. The zero-order valence-corrected chi connectivity index (χ0v) is 14.2. The van der Waals surface area contributed by atoms with Gasteiger partial charge in [-0.05, 0) is 51.9 Å². The summed E-state index contributed by atoms with van der Waals surface area (Å²) in [6.45, 7) is 10.4. The molecule has 2 rings (SSSR count). The first-order chi connectivity index (χ1) is 9.74. The lowest BCUT2D eigenvalue weighted by atomic mass is 9.76. The van der Waals surface area contributed by atoms with Crippen molar-refractivity contribution < 1.29 is 9.53 Å². The third-order valence-corrected chi connectivity index (χ3v) is 5.02. The average molecular weight is 296 g/mol. The van der Waals surface area contributed by atoms with Crippen LogP contribution < -0.4 is 10.6 Å². The molecular weight excluding hydrogens is 264 g/mol. The van der Waals surface area contributed by atoms with Crippen LogP contribution in [-0.2, 0) is 4.74 Å².